The van der Waals surface area contributed by atoms with Gasteiger partial charge in [-0.15, -0.1) is 0 Å². The van der Waals surface area contributed by atoms with Crippen molar-refractivity contribution in [1.82, 2.24) is 20.4 Å². The van der Waals surface area contributed by atoms with Crippen LogP contribution in [0.2, 0.25) is 0 Å². The third kappa shape index (κ3) is 19.0. The summed E-state index contributed by atoms with van der Waals surface area (Å²) in [5.41, 5.74) is 5.72. The zero-order valence-electron chi connectivity index (χ0n) is 47.4. The maximum Gasteiger partial charge on any atom is 0.410 e. The van der Waals surface area contributed by atoms with Crippen molar-refractivity contribution >= 4 is 41.3 Å². The van der Waals surface area contributed by atoms with Gasteiger partial charge in [-0.25, -0.2) is 14.4 Å². The highest BCUT2D eigenvalue weighted by Gasteiger charge is 2.44. The van der Waals surface area contributed by atoms with Crippen LogP contribution in [-0.2, 0) is 29.8 Å². The largest absolute Gasteiger partial charge is 0.444 e. The van der Waals surface area contributed by atoms with Gasteiger partial charge in [0.2, 0.25) is 11.6 Å². The number of hydrogen-bond donors (Lipinski definition) is 2. The number of ether oxygens (including phenoxy) is 3. The lowest BCUT2D eigenvalue weighted by Crippen LogP contribution is -2.40. The van der Waals surface area contributed by atoms with Crippen LogP contribution in [0.3, 0.4) is 0 Å². The fourth-order valence-electron chi connectivity index (χ4n) is 9.38. The van der Waals surface area contributed by atoms with E-state index in [2.05, 4.69) is 134 Å². The van der Waals surface area contributed by atoms with Crippen LogP contribution in [0.1, 0.15) is 172 Å². The Bertz CT molecular complexity index is 2270. The van der Waals surface area contributed by atoms with Crippen molar-refractivity contribution in [2.75, 3.05) is 57.3 Å². The Labute approximate surface area is 439 Å². The number of unbranched alkanes of at least 4 members (excludes halogenated alkanes) is 4. The first-order valence-electron chi connectivity index (χ1n) is 27.1. The number of amides is 4. The second kappa shape index (κ2) is 27.1. The van der Waals surface area contributed by atoms with Gasteiger partial charge in [0.25, 0.3) is 0 Å². The third-order valence-electron chi connectivity index (χ3n) is 13.0. The molecular weight excluding hydrogens is 917 g/mol. The Morgan fingerprint density at radius 1 is 0.616 bits per heavy atom. The van der Waals surface area contributed by atoms with E-state index in [1.807, 2.05) is 41.5 Å². The molecule has 0 fully saturated rings. The number of benzene rings is 2. The van der Waals surface area contributed by atoms with Crippen LogP contribution in [0.5, 0.6) is 0 Å². The van der Waals surface area contributed by atoms with Crippen LogP contribution in [0.15, 0.2) is 84.6 Å². The molecule has 13 nitrogen and oxygen atoms in total. The van der Waals surface area contributed by atoms with Crippen LogP contribution in [0, 0.1) is 0 Å². The van der Waals surface area contributed by atoms with Gasteiger partial charge in [-0.3, -0.25) is 4.79 Å². The van der Waals surface area contributed by atoms with E-state index in [-0.39, 0.29) is 16.7 Å². The van der Waals surface area contributed by atoms with Crippen LogP contribution >= 0.6 is 0 Å². The summed E-state index contributed by atoms with van der Waals surface area (Å²) in [6.07, 6.45) is 17.5. The summed E-state index contributed by atoms with van der Waals surface area (Å²) in [5.74, 6) is 0.00953. The average Bonchev–Trinajstić information content (AvgIpc) is 3.64. The first kappa shape index (κ1) is 60.0. The van der Waals surface area contributed by atoms with Gasteiger partial charge >= 0.3 is 18.3 Å². The summed E-state index contributed by atoms with van der Waals surface area (Å²) < 4.78 is 19.2. The Balaban J connectivity index is 1.27. The summed E-state index contributed by atoms with van der Waals surface area (Å²) in [7, 11) is 0. The fraction of sp³-hybridized carbons (Fsp3) is 0.617. The first-order valence-corrected chi connectivity index (χ1v) is 27.1. The van der Waals surface area contributed by atoms with Crippen LogP contribution < -0.4 is 15.5 Å². The number of allylic oxidation sites excluding steroid dienone is 6. The summed E-state index contributed by atoms with van der Waals surface area (Å²) >= 11 is 0. The molecule has 0 aromatic heterocycles. The number of hydrogen-bond acceptors (Lipinski definition) is 8. The Kier molecular flexibility index (Phi) is 22.3. The zero-order chi connectivity index (χ0) is 54.0. The molecule has 2 aromatic carbocycles. The number of carbonyl (C=O) groups is 4. The molecule has 0 atom stereocenters. The van der Waals surface area contributed by atoms with E-state index >= 15 is 0 Å². The number of rotatable bonds is 25. The maximum absolute atomic E-state index is 13.3. The van der Waals surface area contributed by atoms with Gasteiger partial charge in [0.05, 0.1) is 5.41 Å². The Morgan fingerprint density at radius 2 is 1.16 bits per heavy atom. The van der Waals surface area contributed by atoms with Gasteiger partial charge in [0.15, 0.2) is 5.71 Å². The molecule has 2 aromatic rings. The Morgan fingerprint density at radius 3 is 1.75 bits per heavy atom. The van der Waals surface area contributed by atoms with Gasteiger partial charge in [0, 0.05) is 93.2 Å². The van der Waals surface area contributed by atoms with Crippen molar-refractivity contribution in [3.8, 4) is 0 Å². The molecule has 0 radical (unpaired) electrons. The monoisotopic (exact) mass is 1010 g/mol. The topological polar surface area (TPSA) is 133 Å². The summed E-state index contributed by atoms with van der Waals surface area (Å²) in [6, 6.07) is 17.5. The highest BCUT2D eigenvalue weighted by atomic mass is 16.6. The van der Waals surface area contributed by atoms with E-state index in [0.717, 1.165) is 45.2 Å². The minimum absolute atomic E-state index is 0.00953. The normalized spacial score (nSPS) is 15.7. The van der Waals surface area contributed by atoms with Crippen molar-refractivity contribution < 1.29 is 38.0 Å². The van der Waals surface area contributed by atoms with Gasteiger partial charge in [-0.05, 0) is 139 Å². The second-order valence-corrected chi connectivity index (χ2v) is 23.6. The number of nitrogens with zero attached hydrogens (tertiary/aromatic N) is 4. The molecule has 0 spiro atoms. The molecule has 2 heterocycles. The zero-order valence-corrected chi connectivity index (χ0v) is 47.4. The summed E-state index contributed by atoms with van der Waals surface area (Å²) in [4.78, 5) is 57.4. The molecule has 404 valence electrons. The molecule has 2 N–H and O–H groups in total. The lowest BCUT2D eigenvalue weighted by atomic mass is 9.81. The van der Waals surface area contributed by atoms with E-state index in [1.165, 1.54) is 33.9 Å². The Hall–Kier alpha value is -5.59. The molecule has 0 saturated heterocycles. The van der Waals surface area contributed by atoms with Gasteiger partial charge in [-0.2, -0.15) is 4.58 Å². The second-order valence-electron chi connectivity index (χ2n) is 23.6. The molecule has 4 rings (SSSR count). The first-order chi connectivity index (χ1) is 34.2. The molecule has 0 aliphatic carbocycles. The standard InChI is InChI=1S/C60H92N6O7/c1-15-16-44-65-48-33-24-22-31-46(48)59(11,12)50(65)35-19-17-20-36-51-60(13,14)47-32-23-25-34-49(47)66(51)45-26-18-21-37-52(67)61-38-29-42-63(54(69)72-57(5,6)7)40-27-28-41-64(55(70)73-58(8,9)10)43-30-39-62-53(68)71-56(2,3)4/h17,19-20,22-25,31-36H,15-16,18,21,26-30,37-45H2,1-14H3,(H-,61,62,67,68)/p+1. The SMILES string of the molecule is CCCCN1/C(=C/C=C/C=C/C2=[N+](CCCCCC(=O)NCCCN(CCCCN(CCCNC(=O)OC(C)(C)C)C(=O)OC(C)(C)C)C(=O)OC(C)(C)C)c3ccccc3C2(C)C)C(C)(C)c2ccccc21. The van der Waals surface area contributed by atoms with Gasteiger partial charge in [0.1, 0.15) is 23.3 Å². The van der Waals surface area contributed by atoms with Gasteiger partial charge < -0.3 is 39.5 Å². The predicted molar refractivity (Wildman–Crippen MR) is 297 cm³/mol. The number of alkyl carbamates (subject to hydrolysis) is 1. The molecule has 0 bridgehead atoms. The molecule has 0 unspecified atom stereocenters. The predicted octanol–water partition coefficient (Wildman–Crippen LogP) is 12.9. The van der Waals surface area contributed by atoms with Crippen molar-refractivity contribution in [3.63, 3.8) is 0 Å². The van der Waals surface area contributed by atoms with Gasteiger partial charge in [-0.1, -0.05) is 81.8 Å². The molecule has 13 heteroatoms. The maximum atomic E-state index is 13.3. The fourth-order valence-corrected chi connectivity index (χ4v) is 9.38. The quantitative estimate of drug-likeness (QED) is 0.0435. The lowest BCUT2D eigenvalue weighted by molar-refractivity contribution is -0.438. The van der Waals surface area contributed by atoms with E-state index in [9.17, 15) is 19.2 Å². The number of anilines is 1. The number of fused-ring (bicyclic) bond motifs is 2. The molecule has 2 aliphatic rings. The van der Waals surface area contributed by atoms with Crippen LogP contribution in [0.4, 0.5) is 25.8 Å². The number of carbonyl (C=O) groups excluding carboxylic acids is 4. The minimum atomic E-state index is -0.665. The van der Waals surface area contributed by atoms with E-state index in [1.54, 1.807) is 30.6 Å². The molecule has 0 saturated carbocycles. The van der Waals surface area contributed by atoms with E-state index in [4.69, 9.17) is 14.2 Å². The number of nitrogens with one attached hydrogen (secondary N) is 2. The average molecular weight is 1010 g/mol. The van der Waals surface area contributed by atoms with Crippen molar-refractivity contribution in [2.24, 2.45) is 0 Å². The highest BCUT2D eigenvalue weighted by Crippen LogP contribution is 2.47. The number of para-hydroxylation sites is 2. The minimum Gasteiger partial charge on any atom is -0.444 e. The smallest absolute Gasteiger partial charge is 0.410 e. The summed E-state index contributed by atoms with van der Waals surface area (Å²) in [6.45, 7) is 32.3. The lowest BCUT2D eigenvalue weighted by Gasteiger charge is -2.29. The van der Waals surface area contributed by atoms with Crippen molar-refractivity contribution in [1.29, 1.82) is 0 Å². The van der Waals surface area contributed by atoms with Crippen LogP contribution in [0.25, 0.3) is 0 Å². The molecule has 4 amide bonds. The van der Waals surface area contributed by atoms with E-state index < -0.39 is 35.1 Å². The molecule has 73 heavy (non-hydrogen) atoms. The van der Waals surface area contributed by atoms with Crippen molar-refractivity contribution in [3.05, 3.63) is 95.7 Å². The highest BCUT2D eigenvalue weighted by molar-refractivity contribution is 6.03. The van der Waals surface area contributed by atoms with Crippen LogP contribution in [-0.4, -0.2) is 113 Å². The molecule has 2 aliphatic heterocycles. The van der Waals surface area contributed by atoms with Crippen molar-refractivity contribution in [2.45, 2.75) is 189 Å². The summed E-state index contributed by atoms with van der Waals surface area (Å²) in [5, 5.41) is 5.81. The van der Waals surface area contributed by atoms with E-state index in [0.29, 0.717) is 71.4 Å². The molecular formula is C60H93N6O7+. The third-order valence-corrected chi connectivity index (χ3v) is 13.0.